The van der Waals surface area contributed by atoms with Gasteiger partial charge in [-0.3, -0.25) is 0 Å². The highest BCUT2D eigenvalue weighted by Crippen LogP contribution is 2.37. The lowest BCUT2D eigenvalue weighted by Crippen LogP contribution is -2.43. The van der Waals surface area contributed by atoms with Crippen molar-refractivity contribution in [1.29, 1.82) is 0 Å². The summed E-state index contributed by atoms with van der Waals surface area (Å²) < 4.78 is 3.99. The van der Waals surface area contributed by atoms with E-state index in [2.05, 4.69) is 37.2 Å². The number of aliphatic hydroxyl groups is 1. The van der Waals surface area contributed by atoms with Crippen molar-refractivity contribution in [2.45, 2.75) is 37.8 Å². The Bertz CT molecular complexity index is 951. The van der Waals surface area contributed by atoms with Gasteiger partial charge < -0.3 is 14.6 Å². The van der Waals surface area contributed by atoms with Gasteiger partial charge in [0.25, 0.3) is 0 Å². The summed E-state index contributed by atoms with van der Waals surface area (Å²) in [4.78, 5) is 6.93. The summed E-state index contributed by atoms with van der Waals surface area (Å²) in [6.07, 6.45) is 9.77. The van der Waals surface area contributed by atoms with Gasteiger partial charge in [-0.1, -0.05) is 10.7 Å². The molecular weight excluding hydrogens is 354 g/mol. The van der Waals surface area contributed by atoms with Crippen LogP contribution in [-0.2, 0) is 0 Å². The predicted octanol–water partition coefficient (Wildman–Crippen LogP) is 1.80. The van der Waals surface area contributed by atoms with Crippen LogP contribution in [-0.4, -0.2) is 44.0 Å². The molecule has 0 amide bonds. The second kappa shape index (κ2) is 7.20. The lowest BCUT2D eigenvalue weighted by atomic mass is 10.1. The van der Waals surface area contributed by atoms with Gasteiger partial charge in [0, 0.05) is 37.0 Å². The maximum absolute atomic E-state index is 9.87. The van der Waals surface area contributed by atoms with E-state index in [4.69, 9.17) is 4.98 Å². The first kappa shape index (κ1) is 17.1. The Hall–Kier alpha value is -3.00. The summed E-state index contributed by atoms with van der Waals surface area (Å²) in [6, 6.07) is 10.5. The fraction of sp³-hybridized carbons (Fsp3) is 0.400. The lowest BCUT2D eigenvalue weighted by Gasteiger charge is -2.31. The normalized spacial score (nSPS) is 19.6. The number of anilines is 2. The minimum atomic E-state index is -0.233. The molecule has 1 aliphatic heterocycles. The number of hydrogen-bond donors (Lipinski definition) is 2. The van der Waals surface area contributed by atoms with E-state index in [0.29, 0.717) is 12.6 Å². The van der Waals surface area contributed by atoms with Gasteiger partial charge in [-0.25, -0.2) is 4.98 Å². The second-order valence-corrected chi connectivity index (χ2v) is 7.52. The van der Waals surface area contributed by atoms with E-state index in [-0.39, 0.29) is 6.10 Å². The van der Waals surface area contributed by atoms with Gasteiger partial charge in [0.05, 0.1) is 6.10 Å². The van der Waals surface area contributed by atoms with E-state index in [1.54, 1.807) is 6.33 Å². The molecule has 0 aromatic carbocycles. The SMILES string of the molecule is OC1CCCN(c2cc[n+](Nc3cccc(-c4nncn4C4CC4)n3)cc2)C1. The highest BCUT2D eigenvalue weighted by Gasteiger charge is 2.27. The number of β-amino-alcohol motifs (C(OH)–C–C–N with tert-alkyl or cyclic N) is 1. The molecule has 1 saturated carbocycles. The molecule has 5 rings (SSSR count). The first-order chi connectivity index (χ1) is 13.8. The van der Waals surface area contributed by atoms with Crippen molar-refractivity contribution in [3.05, 3.63) is 49.1 Å². The van der Waals surface area contributed by atoms with Crippen LogP contribution in [0.1, 0.15) is 31.7 Å². The molecule has 1 unspecified atom stereocenters. The van der Waals surface area contributed by atoms with Gasteiger partial charge in [0.15, 0.2) is 11.6 Å². The van der Waals surface area contributed by atoms with Crippen molar-refractivity contribution < 1.29 is 9.78 Å². The molecule has 8 heteroatoms. The van der Waals surface area contributed by atoms with Crippen molar-refractivity contribution in [1.82, 2.24) is 19.7 Å². The van der Waals surface area contributed by atoms with Gasteiger partial charge in [0.2, 0.25) is 12.4 Å². The van der Waals surface area contributed by atoms with Gasteiger partial charge in [-0.2, -0.15) is 0 Å². The van der Waals surface area contributed by atoms with Crippen LogP contribution in [0.4, 0.5) is 11.5 Å². The number of pyridine rings is 2. The molecule has 144 valence electrons. The van der Waals surface area contributed by atoms with E-state index < -0.39 is 0 Å². The maximum atomic E-state index is 9.87. The quantitative estimate of drug-likeness (QED) is 0.659. The summed E-state index contributed by atoms with van der Waals surface area (Å²) in [5.41, 5.74) is 5.22. The fourth-order valence-electron chi connectivity index (χ4n) is 3.69. The molecule has 2 N–H and O–H groups in total. The number of nitrogens with zero attached hydrogens (tertiary/aromatic N) is 6. The number of piperidine rings is 1. The molecule has 8 nitrogen and oxygen atoms in total. The minimum Gasteiger partial charge on any atom is -0.391 e. The zero-order valence-electron chi connectivity index (χ0n) is 15.6. The predicted molar refractivity (Wildman–Crippen MR) is 105 cm³/mol. The monoisotopic (exact) mass is 378 g/mol. The van der Waals surface area contributed by atoms with Crippen LogP contribution in [0, 0.1) is 0 Å². The maximum Gasteiger partial charge on any atom is 0.201 e. The molecular formula is C20H24N7O+. The molecule has 28 heavy (non-hydrogen) atoms. The summed E-state index contributed by atoms with van der Waals surface area (Å²) in [6.45, 7) is 1.68. The second-order valence-electron chi connectivity index (χ2n) is 7.52. The molecule has 0 bridgehead atoms. The van der Waals surface area contributed by atoms with E-state index >= 15 is 0 Å². The molecule has 1 saturated heterocycles. The summed E-state index contributed by atoms with van der Waals surface area (Å²) in [5, 5.41) is 18.2. The molecule has 1 aliphatic carbocycles. The Morgan fingerprint density at radius 2 is 1.96 bits per heavy atom. The van der Waals surface area contributed by atoms with Crippen molar-refractivity contribution in [2.75, 3.05) is 23.4 Å². The smallest absolute Gasteiger partial charge is 0.201 e. The van der Waals surface area contributed by atoms with Crippen LogP contribution >= 0.6 is 0 Å². The van der Waals surface area contributed by atoms with E-state index in [9.17, 15) is 5.11 Å². The molecule has 1 atom stereocenters. The van der Waals surface area contributed by atoms with Crippen LogP contribution in [0.25, 0.3) is 11.5 Å². The minimum absolute atomic E-state index is 0.233. The Morgan fingerprint density at radius 1 is 1.11 bits per heavy atom. The topological polar surface area (TPSA) is 83.0 Å². The number of rotatable bonds is 5. The number of aromatic nitrogens is 5. The number of aliphatic hydroxyl groups excluding tert-OH is 1. The molecule has 3 aromatic rings. The zero-order chi connectivity index (χ0) is 18.9. The summed E-state index contributed by atoms with van der Waals surface area (Å²) in [7, 11) is 0. The van der Waals surface area contributed by atoms with Gasteiger partial charge >= 0.3 is 0 Å². The van der Waals surface area contributed by atoms with E-state index in [0.717, 1.165) is 42.4 Å². The molecule has 2 fully saturated rings. The number of hydrogen-bond acceptors (Lipinski definition) is 6. The van der Waals surface area contributed by atoms with E-state index in [1.807, 2.05) is 35.3 Å². The Labute approximate surface area is 163 Å². The molecule has 3 aromatic heterocycles. The third kappa shape index (κ3) is 3.55. The average molecular weight is 378 g/mol. The Morgan fingerprint density at radius 3 is 2.75 bits per heavy atom. The standard InChI is InChI=1S/C20H24N7O/c28-17-3-2-10-25(13-17)15-8-11-26(12-9-15)24-19-5-1-4-18(22-19)20-23-21-14-27(20)16-6-7-16/h1,4-5,8-9,11-12,14,16-17,28H,2-3,6-7,10,13H2,(H,22,24)/q+1. The van der Waals surface area contributed by atoms with Gasteiger partial charge in [0.1, 0.15) is 12.0 Å². The van der Waals surface area contributed by atoms with Gasteiger partial charge in [-0.15, -0.1) is 15.6 Å². The zero-order valence-corrected chi connectivity index (χ0v) is 15.6. The van der Waals surface area contributed by atoms with Crippen molar-refractivity contribution in [2.24, 2.45) is 0 Å². The molecule has 0 radical (unpaired) electrons. The largest absolute Gasteiger partial charge is 0.391 e. The lowest BCUT2D eigenvalue weighted by molar-refractivity contribution is -0.643. The fourth-order valence-corrected chi connectivity index (χ4v) is 3.69. The molecule has 2 aliphatic rings. The average Bonchev–Trinajstić information content (AvgIpc) is 3.45. The van der Waals surface area contributed by atoms with Crippen molar-refractivity contribution in [3.63, 3.8) is 0 Å². The summed E-state index contributed by atoms with van der Waals surface area (Å²) in [5.74, 6) is 1.56. The summed E-state index contributed by atoms with van der Waals surface area (Å²) >= 11 is 0. The third-order valence-electron chi connectivity index (χ3n) is 5.31. The van der Waals surface area contributed by atoms with Crippen molar-refractivity contribution in [3.8, 4) is 11.5 Å². The first-order valence-corrected chi connectivity index (χ1v) is 9.84. The van der Waals surface area contributed by atoms with Crippen LogP contribution in [0.2, 0.25) is 0 Å². The van der Waals surface area contributed by atoms with Crippen molar-refractivity contribution >= 4 is 11.5 Å². The Kier molecular flexibility index (Phi) is 4.40. The molecule has 4 heterocycles. The first-order valence-electron chi connectivity index (χ1n) is 9.84. The highest BCUT2D eigenvalue weighted by atomic mass is 16.3. The van der Waals surface area contributed by atoms with Crippen LogP contribution in [0.5, 0.6) is 0 Å². The van der Waals surface area contributed by atoms with Crippen LogP contribution in [0.3, 0.4) is 0 Å². The van der Waals surface area contributed by atoms with Gasteiger partial charge in [-0.05, 0) is 37.8 Å². The Balaban J connectivity index is 1.31. The molecule has 0 spiro atoms. The highest BCUT2D eigenvalue weighted by molar-refractivity contribution is 5.53. The van der Waals surface area contributed by atoms with Crippen LogP contribution in [0.15, 0.2) is 49.1 Å². The third-order valence-corrected chi connectivity index (χ3v) is 5.31. The van der Waals surface area contributed by atoms with Crippen LogP contribution < -0.4 is 15.0 Å². The van der Waals surface area contributed by atoms with E-state index in [1.165, 1.54) is 12.8 Å². The number of nitrogens with one attached hydrogen (secondary N) is 1.